The van der Waals surface area contributed by atoms with Gasteiger partial charge in [0.1, 0.15) is 5.82 Å². The Balaban J connectivity index is 1.80. The number of aliphatic hydroxyl groups is 1. The van der Waals surface area contributed by atoms with E-state index in [1.807, 2.05) is 6.07 Å². The maximum absolute atomic E-state index is 8.93. The molecular weight excluding hydrogens is 370 g/mol. The first kappa shape index (κ1) is 20.5. The lowest BCUT2D eigenvalue weighted by Crippen LogP contribution is -2.10. The lowest BCUT2D eigenvalue weighted by molar-refractivity contribution is 0.286. The van der Waals surface area contributed by atoms with Gasteiger partial charge in [-0.05, 0) is 49.3 Å². The molecule has 0 spiro atoms. The molecule has 3 aromatic rings. The van der Waals surface area contributed by atoms with E-state index in [9.17, 15) is 0 Å². The van der Waals surface area contributed by atoms with E-state index in [0.29, 0.717) is 11.9 Å². The zero-order chi connectivity index (χ0) is 19.9. The minimum Gasteiger partial charge on any atom is -0.396 e. The number of aryl methyl sites for hydroxylation is 1. The second-order valence-electron chi connectivity index (χ2n) is 7.32. The summed E-state index contributed by atoms with van der Waals surface area (Å²) in [6, 6.07) is 8.42. The molecule has 150 valence electrons. The Hall–Kier alpha value is -2.25. The Morgan fingerprint density at radius 1 is 1.11 bits per heavy atom. The van der Waals surface area contributed by atoms with Crippen molar-refractivity contribution in [1.82, 2.24) is 15.0 Å². The first-order chi connectivity index (χ1) is 13.6. The van der Waals surface area contributed by atoms with Crippen LogP contribution in [0.2, 0.25) is 0 Å². The van der Waals surface area contributed by atoms with E-state index < -0.39 is 0 Å². The number of hydrogen-bond donors (Lipinski definition) is 3. The Morgan fingerprint density at radius 3 is 2.71 bits per heavy atom. The van der Waals surface area contributed by atoms with Crippen molar-refractivity contribution in [2.45, 2.75) is 46.5 Å². The van der Waals surface area contributed by atoms with Crippen molar-refractivity contribution in [2.24, 2.45) is 5.92 Å². The van der Waals surface area contributed by atoms with Crippen LogP contribution in [0, 0.1) is 5.92 Å². The minimum absolute atomic E-state index is 0.208. The second-order valence-corrected chi connectivity index (χ2v) is 8.35. The number of fused-ring (bicyclic) bond motifs is 1. The summed E-state index contributed by atoms with van der Waals surface area (Å²) >= 11 is 1.64. The van der Waals surface area contributed by atoms with Crippen molar-refractivity contribution >= 4 is 38.5 Å². The third-order valence-corrected chi connectivity index (χ3v) is 5.29. The summed E-state index contributed by atoms with van der Waals surface area (Å²) in [5.74, 6) is 1.89. The number of hydrogen-bond acceptors (Lipinski definition) is 7. The van der Waals surface area contributed by atoms with Crippen molar-refractivity contribution < 1.29 is 5.11 Å². The van der Waals surface area contributed by atoms with Gasteiger partial charge in [0.2, 0.25) is 5.95 Å². The molecule has 0 aliphatic heterocycles. The Kier molecular flexibility index (Phi) is 7.17. The molecule has 0 unspecified atom stereocenters. The summed E-state index contributed by atoms with van der Waals surface area (Å²) in [4.78, 5) is 13.9. The van der Waals surface area contributed by atoms with Crippen LogP contribution < -0.4 is 10.6 Å². The van der Waals surface area contributed by atoms with Gasteiger partial charge in [-0.15, -0.1) is 0 Å². The predicted molar refractivity (Wildman–Crippen MR) is 118 cm³/mol. The lowest BCUT2D eigenvalue weighted by Gasteiger charge is -2.11. The molecule has 0 atom stereocenters. The van der Waals surface area contributed by atoms with Crippen molar-refractivity contribution in [3.63, 3.8) is 0 Å². The highest BCUT2D eigenvalue weighted by Gasteiger charge is 2.10. The number of nitrogens with one attached hydrogen (secondary N) is 2. The van der Waals surface area contributed by atoms with Gasteiger partial charge in [0.05, 0.1) is 10.2 Å². The molecule has 28 heavy (non-hydrogen) atoms. The number of nitrogens with zero attached hydrogens (tertiary/aromatic N) is 3. The van der Waals surface area contributed by atoms with E-state index in [-0.39, 0.29) is 6.61 Å². The molecule has 2 aromatic heterocycles. The number of benzene rings is 1. The zero-order valence-corrected chi connectivity index (χ0v) is 17.6. The molecule has 0 radical (unpaired) electrons. The van der Waals surface area contributed by atoms with Crippen molar-refractivity contribution in [3.8, 4) is 0 Å². The summed E-state index contributed by atoms with van der Waals surface area (Å²) in [6.45, 7) is 7.48. The van der Waals surface area contributed by atoms with Crippen LogP contribution in [-0.4, -0.2) is 33.2 Å². The van der Waals surface area contributed by atoms with E-state index in [4.69, 9.17) is 5.11 Å². The standard InChI is InChI=1S/C21H29N5OS/c1-4-15-7-8-17-18(12-15)28-21(24-17)26-19-13-16(11-14(2)3)23-20(25-19)22-9-5-6-10-27/h7-8,12-14,27H,4-6,9-11H2,1-3H3,(H2,22,23,24,25,26). The zero-order valence-electron chi connectivity index (χ0n) is 16.8. The van der Waals surface area contributed by atoms with Gasteiger partial charge in [-0.1, -0.05) is 38.2 Å². The lowest BCUT2D eigenvalue weighted by atomic mass is 10.1. The number of aromatic nitrogens is 3. The molecular formula is C21H29N5OS. The largest absolute Gasteiger partial charge is 0.396 e. The summed E-state index contributed by atoms with van der Waals surface area (Å²) < 4.78 is 1.18. The van der Waals surface area contributed by atoms with Crippen molar-refractivity contribution in [2.75, 3.05) is 23.8 Å². The van der Waals surface area contributed by atoms with E-state index in [0.717, 1.165) is 54.4 Å². The molecule has 0 bridgehead atoms. The molecule has 1 aromatic carbocycles. The normalized spacial score (nSPS) is 11.3. The van der Waals surface area contributed by atoms with Crippen LogP contribution in [0.3, 0.4) is 0 Å². The SMILES string of the molecule is CCc1ccc2nc(Nc3cc(CC(C)C)nc(NCCCCO)n3)sc2c1. The second kappa shape index (κ2) is 9.80. The van der Waals surface area contributed by atoms with E-state index >= 15 is 0 Å². The van der Waals surface area contributed by atoms with Gasteiger partial charge in [0, 0.05) is 24.9 Å². The summed E-state index contributed by atoms with van der Waals surface area (Å²) in [6.07, 6.45) is 3.57. The Bertz CT molecular complexity index is 909. The van der Waals surface area contributed by atoms with Crippen molar-refractivity contribution in [3.05, 3.63) is 35.5 Å². The fourth-order valence-electron chi connectivity index (χ4n) is 2.95. The number of thiazole rings is 1. The molecule has 0 fully saturated rings. The third-order valence-electron chi connectivity index (χ3n) is 4.36. The molecule has 2 heterocycles. The van der Waals surface area contributed by atoms with Gasteiger partial charge in [-0.3, -0.25) is 0 Å². The van der Waals surface area contributed by atoms with E-state index in [2.05, 4.69) is 64.6 Å². The molecule has 7 heteroatoms. The monoisotopic (exact) mass is 399 g/mol. The molecule has 0 amide bonds. The highest BCUT2D eigenvalue weighted by molar-refractivity contribution is 7.22. The third kappa shape index (κ3) is 5.62. The van der Waals surface area contributed by atoms with Crippen LogP contribution in [0.5, 0.6) is 0 Å². The highest BCUT2D eigenvalue weighted by atomic mass is 32.1. The molecule has 3 N–H and O–H groups in total. The average Bonchev–Trinajstić information content (AvgIpc) is 3.05. The first-order valence-corrected chi connectivity index (χ1v) is 10.8. The fraction of sp³-hybridized carbons (Fsp3) is 0.476. The molecule has 0 saturated heterocycles. The van der Waals surface area contributed by atoms with Crippen LogP contribution in [0.4, 0.5) is 16.9 Å². The van der Waals surface area contributed by atoms with Gasteiger partial charge in [-0.25, -0.2) is 9.97 Å². The number of anilines is 3. The van der Waals surface area contributed by atoms with E-state index in [1.54, 1.807) is 11.3 Å². The summed E-state index contributed by atoms with van der Waals surface area (Å²) in [5.41, 5.74) is 3.33. The summed E-state index contributed by atoms with van der Waals surface area (Å²) in [7, 11) is 0. The maximum atomic E-state index is 8.93. The van der Waals surface area contributed by atoms with Gasteiger partial charge >= 0.3 is 0 Å². The average molecular weight is 400 g/mol. The summed E-state index contributed by atoms with van der Waals surface area (Å²) in [5, 5.41) is 16.4. The highest BCUT2D eigenvalue weighted by Crippen LogP contribution is 2.29. The van der Waals surface area contributed by atoms with Crippen LogP contribution in [0.15, 0.2) is 24.3 Å². The van der Waals surface area contributed by atoms with Crippen LogP contribution in [0.25, 0.3) is 10.2 Å². The number of aliphatic hydroxyl groups excluding tert-OH is 1. The van der Waals surface area contributed by atoms with Gasteiger partial charge in [0.15, 0.2) is 5.13 Å². The van der Waals surface area contributed by atoms with Crippen molar-refractivity contribution in [1.29, 1.82) is 0 Å². The van der Waals surface area contributed by atoms with Gasteiger partial charge in [-0.2, -0.15) is 4.98 Å². The molecule has 0 saturated carbocycles. The minimum atomic E-state index is 0.208. The van der Waals surface area contributed by atoms with Crippen LogP contribution >= 0.6 is 11.3 Å². The van der Waals surface area contributed by atoms with Gasteiger partial charge in [0.25, 0.3) is 0 Å². The molecule has 6 nitrogen and oxygen atoms in total. The Labute approximate surface area is 170 Å². The quantitative estimate of drug-likeness (QED) is 0.426. The maximum Gasteiger partial charge on any atom is 0.224 e. The molecule has 0 aliphatic rings. The smallest absolute Gasteiger partial charge is 0.224 e. The first-order valence-electron chi connectivity index (χ1n) is 9.96. The number of rotatable bonds is 10. The fourth-order valence-corrected chi connectivity index (χ4v) is 3.89. The number of unbranched alkanes of at least 4 members (excludes halogenated alkanes) is 1. The van der Waals surface area contributed by atoms with Crippen LogP contribution in [-0.2, 0) is 12.8 Å². The van der Waals surface area contributed by atoms with Gasteiger partial charge < -0.3 is 15.7 Å². The molecule has 0 aliphatic carbocycles. The topological polar surface area (TPSA) is 83.0 Å². The Morgan fingerprint density at radius 2 is 1.96 bits per heavy atom. The predicted octanol–water partition coefficient (Wildman–Crippen LogP) is 4.78. The van der Waals surface area contributed by atoms with Crippen LogP contribution in [0.1, 0.15) is 44.9 Å². The molecule has 3 rings (SSSR count). The van der Waals surface area contributed by atoms with E-state index in [1.165, 1.54) is 10.3 Å².